The maximum atomic E-state index is 12.2. The van der Waals surface area contributed by atoms with Crippen LogP contribution >= 0.6 is 15.9 Å². The maximum absolute atomic E-state index is 12.2. The van der Waals surface area contributed by atoms with E-state index >= 15 is 0 Å². The third-order valence-corrected chi connectivity index (χ3v) is 4.89. The Morgan fingerprint density at radius 2 is 2.06 bits per heavy atom. The third kappa shape index (κ3) is 3.35. The fourth-order valence-corrected chi connectivity index (χ4v) is 2.85. The van der Waals surface area contributed by atoms with Crippen molar-refractivity contribution in [3.63, 3.8) is 0 Å². The van der Waals surface area contributed by atoms with Crippen LogP contribution in [0.2, 0.25) is 0 Å². The predicted molar refractivity (Wildman–Crippen MR) is 78.0 cm³/mol. The van der Waals surface area contributed by atoms with Gasteiger partial charge in [-0.1, -0.05) is 52.7 Å². The highest BCUT2D eigenvalue weighted by atomic mass is 79.9. The molecule has 2 rings (SSSR count). The number of nitrogens with zero attached hydrogens (tertiary/aromatic N) is 1. The Bertz CT molecular complexity index is 415. The molecule has 2 nitrogen and oxygen atoms in total. The van der Waals surface area contributed by atoms with Crippen LogP contribution in [-0.2, 0) is 11.2 Å². The second-order valence-electron chi connectivity index (χ2n) is 5.28. The van der Waals surface area contributed by atoms with Gasteiger partial charge < -0.3 is 4.90 Å². The molecule has 1 fully saturated rings. The predicted octanol–water partition coefficient (Wildman–Crippen LogP) is 3.17. The van der Waals surface area contributed by atoms with E-state index < -0.39 is 0 Å². The SMILES string of the molecule is Cc1ccc(CC(=O)N2CCC(C)C(Br)C2)cc1. The van der Waals surface area contributed by atoms with E-state index in [0.717, 1.165) is 25.1 Å². The van der Waals surface area contributed by atoms with Crippen molar-refractivity contribution in [1.29, 1.82) is 0 Å². The Hall–Kier alpha value is -0.830. The quantitative estimate of drug-likeness (QED) is 0.768. The molecule has 0 bridgehead atoms. The number of carbonyl (C=O) groups is 1. The molecule has 0 aliphatic carbocycles. The minimum absolute atomic E-state index is 0.246. The second-order valence-corrected chi connectivity index (χ2v) is 6.46. The van der Waals surface area contributed by atoms with Crippen molar-refractivity contribution in [2.45, 2.75) is 31.5 Å². The van der Waals surface area contributed by atoms with Crippen LogP contribution < -0.4 is 0 Å². The number of carbonyl (C=O) groups excluding carboxylic acids is 1. The Balaban J connectivity index is 1.94. The molecule has 1 aliphatic rings. The second kappa shape index (κ2) is 5.87. The minimum atomic E-state index is 0.246. The molecule has 0 saturated carbocycles. The zero-order chi connectivity index (χ0) is 13.1. The highest BCUT2D eigenvalue weighted by Crippen LogP contribution is 2.23. The van der Waals surface area contributed by atoms with Gasteiger partial charge in [-0.2, -0.15) is 0 Å². The van der Waals surface area contributed by atoms with Crippen molar-refractivity contribution in [3.8, 4) is 0 Å². The number of benzene rings is 1. The van der Waals surface area contributed by atoms with Crippen molar-refractivity contribution < 1.29 is 4.79 Å². The van der Waals surface area contributed by atoms with E-state index in [2.05, 4.69) is 41.9 Å². The monoisotopic (exact) mass is 309 g/mol. The number of aryl methyl sites for hydroxylation is 1. The molecule has 1 aromatic rings. The van der Waals surface area contributed by atoms with Crippen LogP contribution in [0, 0.1) is 12.8 Å². The van der Waals surface area contributed by atoms with E-state index in [4.69, 9.17) is 0 Å². The summed E-state index contributed by atoms with van der Waals surface area (Å²) in [6.45, 7) is 6.04. The van der Waals surface area contributed by atoms with Gasteiger partial charge in [-0.05, 0) is 24.8 Å². The molecule has 0 radical (unpaired) electrons. The van der Waals surface area contributed by atoms with E-state index in [9.17, 15) is 4.79 Å². The molecule has 1 amide bonds. The third-order valence-electron chi connectivity index (χ3n) is 3.70. The van der Waals surface area contributed by atoms with Crippen LogP contribution in [-0.4, -0.2) is 28.7 Å². The highest BCUT2D eigenvalue weighted by Gasteiger charge is 2.26. The molecule has 2 unspecified atom stereocenters. The van der Waals surface area contributed by atoms with Crippen molar-refractivity contribution in [3.05, 3.63) is 35.4 Å². The van der Waals surface area contributed by atoms with Crippen LogP contribution in [0.4, 0.5) is 0 Å². The van der Waals surface area contributed by atoms with E-state index in [0.29, 0.717) is 17.2 Å². The molecule has 3 heteroatoms. The number of hydrogen-bond donors (Lipinski definition) is 0. The fourth-order valence-electron chi connectivity index (χ4n) is 2.24. The average molecular weight is 310 g/mol. The molecule has 2 atom stereocenters. The summed E-state index contributed by atoms with van der Waals surface area (Å²) in [5, 5.41) is 0. The Kier molecular flexibility index (Phi) is 4.44. The van der Waals surface area contributed by atoms with Crippen LogP contribution in [0.15, 0.2) is 24.3 Å². The zero-order valence-electron chi connectivity index (χ0n) is 11.0. The van der Waals surface area contributed by atoms with Gasteiger partial charge in [0.1, 0.15) is 0 Å². The first-order valence-corrected chi connectivity index (χ1v) is 7.45. The molecule has 1 aliphatic heterocycles. The van der Waals surface area contributed by atoms with Crippen molar-refractivity contribution in [2.75, 3.05) is 13.1 Å². The summed E-state index contributed by atoms with van der Waals surface area (Å²) < 4.78 is 0. The summed E-state index contributed by atoms with van der Waals surface area (Å²) in [7, 11) is 0. The van der Waals surface area contributed by atoms with E-state index in [1.807, 2.05) is 17.0 Å². The summed E-state index contributed by atoms with van der Waals surface area (Å²) in [4.78, 5) is 14.6. The molecular formula is C15H20BrNO. The molecule has 18 heavy (non-hydrogen) atoms. The fraction of sp³-hybridized carbons (Fsp3) is 0.533. The van der Waals surface area contributed by atoms with Gasteiger partial charge in [0, 0.05) is 17.9 Å². The number of rotatable bonds is 2. The lowest BCUT2D eigenvalue weighted by Crippen LogP contribution is -2.44. The van der Waals surface area contributed by atoms with E-state index in [-0.39, 0.29) is 5.91 Å². The lowest BCUT2D eigenvalue weighted by Gasteiger charge is -2.34. The van der Waals surface area contributed by atoms with Gasteiger partial charge in [0.15, 0.2) is 0 Å². The van der Waals surface area contributed by atoms with Crippen molar-refractivity contribution >= 4 is 21.8 Å². The first-order valence-electron chi connectivity index (χ1n) is 6.53. The maximum Gasteiger partial charge on any atom is 0.227 e. The largest absolute Gasteiger partial charge is 0.341 e. The summed E-state index contributed by atoms with van der Waals surface area (Å²) in [6, 6.07) is 8.22. The van der Waals surface area contributed by atoms with Crippen molar-refractivity contribution in [2.24, 2.45) is 5.92 Å². The summed E-state index contributed by atoms with van der Waals surface area (Å²) in [6.07, 6.45) is 1.62. The lowest BCUT2D eigenvalue weighted by atomic mass is 9.98. The van der Waals surface area contributed by atoms with Gasteiger partial charge in [0.25, 0.3) is 0 Å². The number of halogens is 1. The number of likely N-dealkylation sites (tertiary alicyclic amines) is 1. The number of alkyl halides is 1. The summed E-state index contributed by atoms with van der Waals surface area (Å²) >= 11 is 3.66. The minimum Gasteiger partial charge on any atom is -0.341 e. The number of hydrogen-bond acceptors (Lipinski definition) is 1. The van der Waals surface area contributed by atoms with Gasteiger partial charge in [0.05, 0.1) is 6.42 Å². The number of amides is 1. The summed E-state index contributed by atoms with van der Waals surface area (Å²) in [5.41, 5.74) is 2.34. The molecular weight excluding hydrogens is 290 g/mol. The highest BCUT2D eigenvalue weighted by molar-refractivity contribution is 9.09. The van der Waals surface area contributed by atoms with E-state index in [1.54, 1.807) is 0 Å². The topological polar surface area (TPSA) is 20.3 Å². The van der Waals surface area contributed by atoms with Gasteiger partial charge in [-0.25, -0.2) is 0 Å². The standard InChI is InChI=1S/C15H20BrNO/c1-11-3-5-13(6-4-11)9-15(18)17-8-7-12(2)14(16)10-17/h3-6,12,14H,7-10H2,1-2H3. The average Bonchev–Trinajstić information content (AvgIpc) is 2.35. The molecule has 0 N–H and O–H groups in total. The number of piperidine rings is 1. The van der Waals surface area contributed by atoms with Crippen LogP contribution in [0.25, 0.3) is 0 Å². The van der Waals surface area contributed by atoms with Crippen LogP contribution in [0.3, 0.4) is 0 Å². The molecule has 98 valence electrons. The zero-order valence-corrected chi connectivity index (χ0v) is 12.6. The first kappa shape index (κ1) is 13.6. The molecule has 1 aromatic carbocycles. The van der Waals surface area contributed by atoms with Gasteiger partial charge in [-0.3, -0.25) is 4.79 Å². The van der Waals surface area contributed by atoms with Gasteiger partial charge in [-0.15, -0.1) is 0 Å². The van der Waals surface area contributed by atoms with Gasteiger partial charge in [0.2, 0.25) is 5.91 Å². The molecule has 0 spiro atoms. The smallest absolute Gasteiger partial charge is 0.227 e. The first-order chi connectivity index (χ1) is 8.56. The van der Waals surface area contributed by atoms with Crippen molar-refractivity contribution in [1.82, 2.24) is 4.90 Å². The van der Waals surface area contributed by atoms with Crippen LogP contribution in [0.5, 0.6) is 0 Å². The summed E-state index contributed by atoms with van der Waals surface area (Å²) in [5.74, 6) is 0.906. The Morgan fingerprint density at radius 1 is 1.39 bits per heavy atom. The lowest BCUT2D eigenvalue weighted by molar-refractivity contribution is -0.131. The van der Waals surface area contributed by atoms with Crippen LogP contribution in [0.1, 0.15) is 24.5 Å². The van der Waals surface area contributed by atoms with Gasteiger partial charge >= 0.3 is 0 Å². The Labute approximate surface area is 117 Å². The molecule has 0 aromatic heterocycles. The normalized spacial score (nSPS) is 24.1. The Morgan fingerprint density at radius 3 is 2.67 bits per heavy atom. The molecule has 1 saturated heterocycles. The molecule has 1 heterocycles. The van der Waals surface area contributed by atoms with E-state index in [1.165, 1.54) is 5.56 Å².